The van der Waals surface area contributed by atoms with Gasteiger partial charge in [-0.2, -0.15) is 0 Å². The summed E-state index contributed by atoms with van der Waals surface area (Å²) in [5, 5.41) is 8.07. The van der Waals surface area contributed by atoms with Crippen molar-refractivity contribution in [1.82, 2.24) is 19.9 Å². The number of nitrogens with zero attached hydrogens (tertiary/aromatic N) is 4. The van der Waals surface area contributed by atoms with E-state index in [2.05, 4.69) is 164 Å². The summed E-state index contributed by atoms with van der Waals surface area (Å²) >= 11 is 1.84. The first kappa shape index (κ1) is 36.3. The van der Waals surface area contributed by atoms with Gasteiger partial charge in [-0.05, 0) is 57.3 Å². The van der Waals surface area contributed by atoms with Gasteiger partial charge in [0.05, 0.1) is 5.52 Å². The number of pyridine rings is 1. The second kappa shape index (κ2) is 14.7. The number of para-hydroxylation sites is 1. The zero-order valence-electron chi connectivity index (χ0n) is 34.2. The van der Waals surface area contributed by atoms with Gasteiger partial charge in [-0.3, -0.25) is 0 Å². The number of thiophene rings is 1. The van der Waals surface area contributed by atoms with Crippen LogP contribution in [0.25, 0.3) is 131 Å². The van der Waals surface area contributed by atoms with Gasteiger partial charge in [0.2, 0.25) is 0 Å². The Morgan fingerprint density at radius 1 is 0.359 bits per heavy atom. The highest BCUT2D eigenvalue weighted by Gasteiger charge is 2.20. The van der Waals surface area contributed by atoms with Gasteiger partial charge in [0, 0.05) is 58.6 Å². The molecule has 0 atom stereocenters. The zero-order valence-corrected chi connectivity index (χ0v) is 35.1. The summed E-state index contributed by atoms with van der Waals surface area (Å²) in [6.45, 7) is 0. The van der Waals surface area contributed by atoms with Crippen molar-refractivity contribution in [3.8, 4) is 67.7 Å². The van der Waals surface area contributed by atoms with Gasteiger partial charge < -0.3 is 4.42 Å². The Labute approximate surface area is 371 Å². The summed E-state index contributed by atoms with van der Waals surface area (Å²) in [5.74, 6) is 1.86. The van der Waals surface area contributed by atoms with Crippen LogP contribution in [0.2, 0.25) is 0 Å². The molecule has 0 saturated carbocycles. The summed E-state index contributed by atoms with van der Waals surface area (Å²) in [5.41, 5.74) is 11.7. The molecule has 5 nitrogen and oxygen atoms in total. The van der Waals surface area contributed by atoms with E-state index in [0.29, 0.717) is 17.5 Å². The van der Waals surface area contributed by atoms with Crippen molar-refractivity contribution in [2.75, 3.05) is 0 Å². The van der Waals surface area contributed by atoms with Gasteiger partial charge >= 0.3 is 0 Å². The molecule has 0 spiro atoms. The minimum Gasteiger partial charge on any atom is -0.454 e. The molecule has 9 aromatic carbocycles. The molecular weight excluding hydrogens is 801 g/mol. The Hall–Kier alpha value is -8.32. The Kier molecular flexibility index (Phi) is 8.32. The van der Waals surface area contributed by atoms with Gasteiger partial charge in [0.25, 0.3) is 0 Å². The summed E-state index contributed by atoms with van der Waals surface area (Å²) < 4.78 is 9.17. The highest BCUT2D eigenvalue weighted by atomic mass is 32.1. The molecule has 0 aliphatic rings. The van der Waals surface area contributed by atoms with Crippen LogP contribution >= 0.6 is 11.3 Å². The fourth-order valence-electron chi connectivity index (χ4n) is 9.24. The zero-order chi connectivity index (χ0) is 42.1. The second-order valence-corrected chi connectivity index (χ2v) is 17.2. The molecule has 0 unspecified atom stereocenters. The maximum Gasteiger partial charge on any atom is 0.164 e. The first-order valence-electron chi connectivity index (χ1n) is 21.4. The molecule has 13 rings (SSSR count). The van der Waals surface area contributed by atoms with Gasteiger partial charge in [0.1, 0.15) is 11.3 Å². The van der Waals surface area contributed by atoms with Gasteiger partial charge in [0.15, 0.2) is 23.1 Å². The average Bonchev–Trinajstić information content (AvgIpc) is 3.96. The third kappa shape index (κ3) is 5.99. The number of hydrogen-bond donors (Lipinski definition) is 0. The topological polar surface area (TPSA) is 64.7 Å². The molecule has 6 heteroatoms. The normalized spacial score (nSPS) is 11.8. The van der Waals surface area contributed by atoms with E-state index in [-0.39, 0.29) is 0 Å². The monoisotopic (exact) mass is 834 g/mol. The minimum absolute atomic E-state index is 0.613. The van der Waals surface area contributed by atoms with E-state index in [9.17, 15) is 0 Å². The van der Waals surface area contributed by atoms with E-state index in [0.717, 1.165) is 88.3 Å². The largest absolute Gasteiger partial charge is 0.454 e. The van der Waals surface area contributed by atoms with Crippen LogP contribution in [-0.2, 0) is 0 Å². The van der Waals surface area contributed by atoms with E-state index >= 15 is 0 Å². The molecular formula is C58H34N4OS. The van der Waals surface area contributed by atoms with Gasteiger partial charge in [-0.15, -0.1) is 11.3 Å². The van der Waals surface area contributed by atoms with E-state index in [1.165, 1.54) is 25.7 Å². The maximum absolute atomic E-state index is 6.61. The van der Waals surface area contributed by atoms with E-state index in [1.54, 1.807) is 0 Å². The molecule has 0 saturated heterocycles. The van der Waals surface area contributed by atoms with Crippen molar-refractivity contribution in [3.05, 3.63) is 206 Å². The number of fused-ring (bicyclic) bond motifs is 9. The summed E-state index contributed by atoms with van der Waals surface area (Å²) in [6, 6.07) is 72.1. The van der Waals surface area contributed by atoms with Crippen LogP contribution in [0, 0.1) is 0 Å². The third-order valence-electron chi connectivity index (χ3n) is 12.3. The molecule has 0 radical (unpaired) electrons. The second-order valence-electron chi connectivity index (χ2n) is 16.1. The van der Waals surface area contributed by atoms with E-state index < -0.39 is 0 Å². The van der Waals surface area contributed by atoms with Crippen molar-refractivity contribution in [2.45, 2.75) is 0 Å². The van der Waals surface area contributed by atoms with Crippen LogP contribution in [0.15, 0.2) is 211 Å². The maximum atomic E-state index is 6.61. The SMILES string of the molecule is c1ccc(-c2nc(-c3ccc(-c4ccc5c(c4)nc(-c4cccc6ccccc46)c4oc6ccccc6c45)cc3)nc(-c3cccc(-c4cccc5c4sc4ccccc45)c3)n2)cc1. The van der Waals surface area contributed by atoms with Crippen molar-refractivity contribution in [2.24, 2.45) is 0 Å². The third-order valence-corrected chi connectivity index (χ3v) is 13.6. The first-order valence-corrected chi connectivity index (χ1v) is 22.2. The quantitative estimate of drug-likeness (QED) is 0.167. The van der Waals surface area contributed by atoms with E-state index in [4.69, 9.17) is 24.4 Å². The van der Waals surface area contributed by atoms with Crippen LogP contribution in [0.1, 0.15) is 0 Å². The predicted octanol–water partition coefficient (Wildman–Crippen LogP) is 15.8. The molecule has 4 heterocycles. The number of furan rings is 1. The molecule has 4 aromatic heterocycles. The van der Waals surface area contributed by atoms with Crippen molar-refractivity contribution < 1.29 is 4.42 Å². The van der Waals surface area contributed by atoms with Crippen LogP contribution in [0.5, 0.6) is 0 Å². The molecule has 0 aliphatic heterocycles. The number of hydrogen-bond acceptors (Lipinski definition) is 6. The number of benzene rings is 9. The van der Waals surface area contributed by atoms with Crippen molar-refractivity contribution in [1.29, 1.82) is 0 Å². The van der Waals surface area contributed by atoms with Crippen molar-refractivity contribution in [3.63, 3.8) is 0 Å². The Balaban J connectivity index is 0.910. The molecule has 13 aromatic rings. The van der Waals surface area contributed by atoms with Crippen LogP contribution in [0.4, 0.5) is 0 Å². The summed E-state index contributed by atoms with van der Waals surface area (Å²) in [6.07, 6.45) is 0. The number of aromatic nitrogens is 4. The fraction of sp³-hybridized carbons (Fsp3) is 0. The minimum atomic E-state index is 0.613. The van der Waals surface area contributed by atoms with E-state index in [1.807, 2.05) is 53.8 Å². The standard InChI is InChI=1S/C58H34N4OS/c1-2-14-37(15-3-1)56-60-57(62-58(61-56)41-18-10-17-40(33-41)43-22-12-24-46-44-20-7-9-26-51(44)64-55(43)46)38-29-27-35(28-30-38)39-31-32-47-49(34-39)59-53(45-23-11-16-36-13-4-5-19-42(36)45)54-52(47)48-21-6-8-25-50(48)63-54/h1-34H. The Morgan fingerprint density at radius 2 is 0.953 bits per heavy atom. The van der Waals surface area contributed by atoms with Gasteiger partial charge in [-0.25, -0.2) is 19.9 Å². The highest BCUT2D eigenvalue weighted by molar-refractivity contribution is 7.26. The van der Waals surface area contributed by atoms with Crippen LogP contribution < -0.4 is 0 Å². The lowest BCUT2D eigenvalue weighted by Crippen LogP contribution is -2.00. The lowest BCUT2D eigenvalue weighted by molar-refractivity contribution is 0.669. The lowest BCUT2D eigenvalue weighted by Gasteiger charge is -2.11. The fourth-order valence-corrected chi connectivity index (χ4v) is 10.5. The summed E-state index contributed by atoms with van der Waals surface area (Å²) in [4.78, 5) is 20.7. The van der Waals surface area contributed by atoms with Crippen molar-refractivity contribution >= 4 is 75.1 Å². The lowest BCUT2D eigenvalue weighted by atomic mass is 9.97. The molecule has 0 aliphatic carbocycles. The molecule has 64 heavy (non-hydrogen) atoms. The van der Waals surface area contributed by atoms with Crippen LogP contribution in [-0.4, -0.2) is 19.9 Å². The first-order chi connectivity index (χ1) is 31.7. The van der Waals surface area contributed by atoms with Crippen LogP contribution in [0.3, 0.4) is 0 Å². The summed E-state index contributed by atoms with van der Waals surface area (Å²) in [7, 11) is 0. The molecule has 0 fully saturated rings. The molecule has 0 bridgehead atoms. The number of rotatable bonds is 6. The predicted molar refractivity (Wildman–Crippen MR) is 265 cm³/mol. The smallest absolute Gasteiger partial charge is 0.164 e. The average molecular weight is 835 g/mol. The molecule has 0 N–H and O–H groups in total. The van der Waals surface area contributed by atoms with Gasteiger partial charge in [-0.1, -0.05) is 182 Å². The Bertz CT molecular complexity index is 3960. The molecule has 298 valence electrons. The molecule has 0 amide bonds. The highest BCUT2D eigenvalue weighted by Crippen LogP contribution is 2.43. The Morgan fingerprint density at radius 3 is 1.81 bits per heavy atom.